The summed E-state index contributed by atoms with van der Waals surface area (Å²) in [6.45, 7) is 4.10. The molecule has 1 aromatic rings. The lowest BCUT2D eigenvalue weighted by Gasteiger charge is -2.16. The molecule has 1 aliphatic rings. The Balaban J connectivity index is 2.32. The van der Waals surface area contributed by atoms with Crippen LogP contribution in [0.15, 0.2) is 0 Å². The number of hydrogen-bond acceptors (Lipinski definition) is 6. The van der Waals surface area contributed by atoms with Crippen LogP contribution >= 0.6 is 0 Å². The Kier molecular flexibility index (Phi) is 3.89. The van der Waals surface area contributed by atoms with Crippen molar-refractivity contribution in [2.75, 3.05) is 18.5 Å². The van der Waals surface area contributed by atoms with E-state index in [0.717, 1.165) is 0 Å². The van der Waals surface area contributed by atoms with Crippen LogP contribution in [0.5, 0.6) is 0 Å². The van der Waals surface area contributed by atoms with Crippen LogP contribution < -0.4 is 5.32 Å². The van der Waals surface area contributed by atoms with Crippen molar-refractivity contribution in [1.29, 1.82) is 0 Å². The Hall–Kier alpha value is -2.16. The molecule has 2 N–H and O–H groups in total. The van der Waals surface area contributed by atoms with E-state index in [1.807, 2.05) is 0 Å². The summed E-state index contributed by atoms with van der Waals surface area (Å²) in [5, 5.41) is 27.2. The van der Waals surface area contributed by atoms with Crippen LogP contribution in [0.4, 0.5) is 11.5 Å². The molecular weight excluding hydrogens is 268 g/mol. The molecule has 1 saturated heterocycles. The third-order valence-corrected chi connectivity index (χ3v) is 3.30. The lowest BCUT2D eigenvalue weighted by atomic mass is 10.0. The molecule has 0 radical (unpaired) electrons. The number of aromatic nitrogens is 2. The molecule has 9 heteroatoms. The van der Waals surface area contributed by atoms with E-state index in [4.69, 9.17) is 9.84 Å². The van der Waals surface area contributed by atoms with E-state index in [9.17, 15) is 14.9 Å². The van der Waals surface area contributed by atoms with E-state index in [-0.39, 0.29) is 24.7 Å². The predicted octanol–water partition coefficient (Wildman–Crippen LogP) is 0.631. The smallest absolute Gasteiger partial charge is 0.333 e. The van der Waals surface area contributed by atoms with Gasteiger partial charge in [-0.25, -0.2) is 4.68 Å². The van der Waals surface area contributed by atoms with Crippen LogP contribution in [0.1, 0.15) is 12.6 Å². The maximum absolute atomic E-state index is 11.1. The van der Waals surface area contributed by atoms with Gasteiger partial charge in [0.2, 0.25) is 5.82 Å². The highest BCUT2D eigenvalue weighted by atomic mass is 16.6. The number of hydrogen-bond donors (Lipinski definition) is 2. The quantitative estimate of drug-likeness (QED) is 0.601. The zero-order valence-electron chi connectivity index (χ0n) is 11.2. The Morgan fingerprint density at radius 2 is 2.35 bits per heavy atom. The molecule has 20 heavy (non-hydrogen) atoms. The zero-order chi connectivity index (χ0) is 14.9. The Labute approximate surface area is 114 Å². The second-order valence-corrected chi connectivity index (χ2v) is 4.59. The van der Waals surface area contributed by atoms with Crippen molar-refractivity contribution in [2.45, 2.75) is 26.4 Å². The van der Waals surface area contributed by atoms with Gasteiger partial charge < -0.3 is 15.2 Å². The summed E-state index contributed by atoms with van der Waals surface area (Å²) in [4.78, 5) is 21.7. The summed E-state index contributed by atoms with van der Waals surface area (Å²) < 4.78 is 6.60. The number of carboxylic acids is 1. The number of aliphatic carboxylic acids is 1. The molecule has 1 aliphatic heterocycles. The van der Waals surface area contributed by atoms with Crippen molar-refractivity contribution in [3.8, 4) is 0 Å². The minimum Gasteiger partial charge on any atom is -0.481 e. The first kappa shape index (κ1) is 14.3. The van der Waals surface area contributed by atoms with Crippen molar-refractivity contribution < 1.29 is 19.6 Å². The minimum absolute atomic E-state index is 0.0973. The van der Waals surface area contributed by atoms with Gasteiger partial charge in [-0.1, -0.05) is 0 Å². The van der Waals surface area contributed by atoms with Gasteiger partial charge in [-0.2, -0.15) is 5.10 Å². The molecule has 0 aromatic carbocycles. The number of rotatable bonds is 5. The molecular formula is C11H16N4O5. The van der Waals surface area contributed by atoms with Gasteiger partial charge in [-0.15, -0.1) is 0 Å². The number of carbonyl (C=O) groups is 1. The van der Waals surface area contributed by atoms with Crippen LogP contribution in [0, 0.1) is 23.0 Å². The summed E-state index contributed by atoms with van der Waals surface area (Å²) in [5.41, 5.74) is 0.174. The van der Waals surface area contributed by atoms with Gasteiger partial charge in [0.1, 0.15) is 11.6 Å². The molecule has 0 bridgehead atoms. The number of anilines is 1. The Morgan fingerprint density at radius 1 is 1.65 bits per heavy atom. The van der Waals surface area contributed by atoms with E-state index in [0.29, 0.717) is 12.2 Å². The molecule has 0 spiro atoms. The van der Waals surface area contributed by atoms with Gasteiger partial charge in [-0.05, 0) is 13.8 Å². The van der Waals surface area contributed by atoms with Crippen LogP contribution in [0.2, 0.25) is 0 Å². The molecule has 2 atom stereocenters. The molecule has 110 valence electrons. The number of carboxylic acid groups (broad SMARTS) is 1. The van der Waals surface area contributed by atoms with Crippen molar-refractivity contribution >= 4 is 17.5 Å². The van der Waals surface area contributed by atoms with Crippen LogP contribution in [0.25, 0.3) is 0 Å². The molecule has 9 nitrogen and oxygen atoms in total. The van der Waals surface area contributed by atoms with Crippen molar-refractivity contribution in [3.63, 3.8) is 0 Å². The van der Waals surface area contributed by atoms with E-state index in [1.165, 1.54) is 4.68 Å². The summed E-state index contributed by atoms with van der Waals surface area (Å²) in [6.07, 6.45) is 0. The van der Waals surface area contributed by atoms with Crippen molar-refractivity contribution in [3.05, 3.63) is 15.8 Å². The van der Waals surface area contributed by atoms with Gasteiger partial charge in [-0.3, -0.25) is 14.9 Å². The summed E-state index contributed by atoms with van der Waals surface area (Å²) in [6, 6.07) is -0.507. The van der Waals surface area contributed by atoms with Gasteiger partial charge in [0, 0.05) is 6.54 Å². The second-order valence-electron chi connectivity index (χ2n) is 4.59. The third-order valence-electron chi connectivity index (χ3n) is 3.30. The molecule has 0 aliphatic carbocycles. The van der Waals surface area contributed by atoms with E-state index < -0.39 is 22.9 Å². The van der Waals surface area contributed by atoms with E-state index in [2.05, 4.69) is 10.4 Å². The number of ether oxygens (including phenoxy) is 1. The largest absolute Gasteiger partial charge is 0.481 e. The van der Waals surface area contributed by atoms with Crippen LogP contribution in [-0.2, 0) is 16.1 Å². The molecule has 2 unspecified atom stereocenters. The molecule has 2 rings (SSSR count). The molecule has 0 saturated carbocycles. The second kappa shape index (κ2) is 5.45. The molecule has 1 fully saturated rings. The highest BCUT2D eigenvalue weighted by Crippen LogP contribution is 2.30. The highest BCUT2D eigenvalue weighted by Gasteiger charge is 2.37. The monoisotopic (exact) mass is 284 g/mol. The number of nitrogens with one attached hydrogen (secondary N) is 1. The molecule has 0 amide bonds. The molecule has 1 aromatic heterocycles. The minimum atomic E-state index is -0.984. The van der Waals surface area contributed by atoms with Crippen LogP contribution in [0.3, 0.4) is 0 Å². The summed E-state index contributed by atoms with van der Waals surface area (Å²) in [5.74, 6) is -1.48. The van der Waals surface area contributed by atoms with Gasteiger partial charge >= 0.3 is 11.7 Å². The standard InChI is InChI=1S/C11H16N4O5/c1-3-14-10(9(15(18)19)6(2)13-14)12-8-5-20-4-7(8)11(16)17/h7-8,12H,3-5H2,1-2H3,(H,16,17). The average molecular weight is 284 g/mol. The SMILES string of the molecule is CCn1nc(C)c([N+](=O)[O-])c1NC1COCC1C(=O)O. The topological polar surface area (TPSA) is 120 Å². The number of nitro groups is 1. The van der Waals surface area contributed by atoms with E-state index in [1.54, 1.807) is 13.8 Å². The van der Waals surface area contributed by atoms with E-state index >= 15 is 0 Å². The maximum atomic E-state index is 11.1. The lowest BCUT2D eigenvalue weighted by molar-refractivity contribution is -0.384. The third kappa shape index (κ3) is 2.44. The van der Waals surface area contributed by atoms with Gasteiger partial charge in [0.15, 0.2) is 0 Å². The number of aryl methyl sites for hydroxylation is 2. The fourth-order valence-corrected chi connectivity index (χ4v) is 2.28. The van der Waals surface area contributed by atoms with Gasteiger partial charge in [0.05, 0.1) is 24.2 Å². The summed E-state index contributed by atoms with van der Waals surface area (Å²) >= 11 is 0. The first-order chi connectivity index (χ1) is 9.45. The Morgan fingerprint density at radius 3 is 2.90 bits per heavy atom. The number of nitrogens with zero attached hydrogens (tertiary/aromatic N) is 3. The zero-order valence-corrected chi connectivity index (χ0v) is 11.2. The average Bonchev–Trinajstić information content (AvgIpc) is 2.94. The normalized spacial score (nSPS) is 21.9. The first-order valence-corrected chi connectivity index (χ1v) is 6.24. The van der Waals surface area contributed by atoms with Crippen molar-refractivity contribution in [2.24, 2.45) is 5.92 Å². The predicted molar refractivity (Wildman–Crippen MR) is 68.6 cm³/mol. The van der Waals surface area contributed by atoms with Crippen molar-refractivity contribution in [1.82, 2.24) is 9.78 Å². The summed E-state index contributed by atoms with van der Waals surface area (Å²) in [7, 11) is 0. The molecule has 2 heterocycles. The van der Waals surface area contributed by atoms with Gasteiger partial charge in [0.25, 0.3) is 0 Å². The lowest BCUT2D eigenvalue weighted by Crippen LogP contribution is -2.34. The first-order valence-electron chi connectivity index (χ1n) is 6.24. The maximum Gasteiger partial charge on any atom is 0.333 e. The highest BCUT2D eigenvalue weighted by molar-refractivity contribution is 5.73. The Bertz CT molecular complexity index is 541. The van der Waals surface area contributed by atoms with Crippen LogP contribution in [-0.4, -0.2) is 45.0 Å². The fraction of sp³-hybridized carbons (Fsp3) is 0.636. The fourth-order valence-electron chi connectivity index (χ4n) is 2.28.